The molecule has 0 aliphatic heterocycles. The van der Waals surface area contributed by atoms with E-state index < -0.39 is 5.97 Å². The normalized spacial score (nSPS) is 10.7. The second-order valence-corrected chi connectivity index (χ2v) is 6.38. The van der Waals surface area contributed by atoms with Crippen LogP contribution in [0.5, 0.6) is 0 Å². The van der Waals surface area contributed by atoms with Gasteiger partial charge in [0.25, 0.3) is 0 Å². The summed E-state index contributed by atoms with van der Waals surface area (Å²) in [7, 11) is 0. The molecule has 3 nitrogen and oxygen atoms in total. The Bertz CT molecular complexity index is 818. The van der Waals surface area contributed by atoms with Crippen LogP contribution in [0.1, 0.15) is 10.4 Å². The minimum atomic E-state index is -1.19. The second-order valence-electron chi connectivity index (χ2n) is 4.37. The van der Waals surface area contributed by atoms with Crippen LogP contribution < -0.4 is 5.11 Å². The van der Waals surface area contributed by atoms with Crippen LogP contribution in [-0.2, 0) is 0 Å². The Labute approximate surface area is 134 Å². The third kappa shape index (κ3) is 3.09. The van der Waals surface area contributed by atoms with Crippen molar-refractivity contribution in [2.24, 2.45) is 0 Å². The molecule has 0 saturated carbocycles. The minimum absolute atomic E-state index is 0.167. The number of carbonyl (C=O) groups is 1. The van der Waals surface area contributed by atoms with Gasteiger partial charge in [0, 0.05) is 20.3 Å². The zero-order chi connectivity index (χ0) is 14.8. The van der Waals surface area contributed by atoms with Crippen LogP contribution in [0.3, 0.4) is 0 Å². The van der Waals surface area contributed by atoms with E-state index >= 15 is 0 Å². The highest BCUT2D eigenvalue weighted by Crippen LogP contribution is 2.30. The van der Waals surface area contributed by atoms with Gasteiger partial charge in [0.1, 0.15) is 5.03 Å². The van der Waals surface area contributed by atoms with Crippen molar-refractivity contribution in [3.05, 3.63) is 64.6 Å². The first-order valence-corrected chi connectivity index (χ1v) is 7.79. The number of carboxylic acid groups (broad SMARTS) is 1. The Balaban J connectivity index is 2.06. The van der Waals surface area contributed by atoms with Crippen molar-refractivity contribution in [1.82, 2.24) is 4.98 Å². The molecular weight excluding hydrogens is 350 g/mol. The van der Waals surface area contributed by atoms with Crippen molar-refractivity contribution in [2.75, 3.05) is 0 Å². The van der Waals surface area contributed by atoms with E-state index in [1.54, 1.807) is 24.3 Å². The zero-order valence-electron chi connectivity index (χ0n) is 10.7. The molecule has 0 saturated heterocycles. The highest BCUT2D eigenvalue weighted by molar-refractivity contribution is 9.10. The Kier molecular flexibility index (Phi) is 3.94. The lowest BCUT2D eigenvalue weighted by atomic mass is 10.1. The molecule has 0 radical (unpaired) electrons. The van der Waals surface area contributed by atoms with E-state index in [1.165, 1.54) is 11.8 Å². The Hall–Kier alpha value is -1.85. The van der Waals surface area contributed by atoms with Gasteiger partial charge in [-0.15, -0.1) is 0 Å². The van der Waals surface area contributed by atoms with Crippen LogP contribution in [0.4, 0.5) is 0 Å². The van der Waals surface area contributed by atoms with Gasteiger partial charge in [-0.25, -0.2) is 4.98 Å². The summed E-state index contributed by atoms with van der Waals surface area (Å²) < 4.78 is 0.994. The third-order valence-electron chi connectivity index (χ3n) is 2.95. The monoisotopic (exact) mass is 358 g/mol. The zero-order valence-corrected chi connectivity index (χ0v) is 13.1. The molecule has 0 aliphatic rings. The molecule has 0 aliphatic carbocycles. The smallest absolute Gasteiger partial charge is 0.102 e. The number of aromatic carboxylic acids is 1. The summed E-state index contributed by atoms with van der Waals surface area (Å²) in [4.78, 5) is 16.8. The van der Waals surface area contributed by atoms with E-state index in [2.05, 4.69) is 20.9 Å². The van der Waals surface area contributed by atoms with Crippen molar-refractivity contribution >= 4 is 44.6 Å². The van der Waals surface area contributed by atoms with Crippen LogP contribution in [0, 0.1) is 0 Å². The summed E-state index contributed by atoms with van der Waals surface area (Å²) >= 11 is 4.80. The summed E-state index contributed by atoms with van der Waals surface area (Å²) in [5.74, 6) is -1.19. The Morgan fingerprint density at radius 2 is 1.81 bits per heavy atom. The molecule has 0 unspecified atom stereocenters. The molecule has 0 N–H and O–H groups in total. The predicted octanol–water partition coefficient (Wildman–Crippen LogP) is 3.51. The Morgan fingerprint density at radius 3 is 2.52 bits per heavy atom. The lowest BCUT2D eigenvalue weighted by Crippen LogP contribution is -2.22. The lowest BCUT2D eigenvalue weighted by Gasteiger charge is -2.10. The van der Waals surface area contributed by atoms with Crippen molar-refractivity contribution in [1.29, 1.82) is 0 Å². The molecular formula is C16H9BrNO2S-. The topological polar surface area (TPSA) is 53.0 Å². The molecule has 0 atom stereocenters. The van der Waals surface area contributed by atoms with Crippen LogP contribution in [0.25, 0.3) is 10.9 Å². The van der Waals surface area contributed by atoms with Gasteiger partial charge in [0.05, 0.1) is 11.5 Å². The molecule has 0 fully saturated rings. The maximum Gasteiger partial charge on any atom is 0.102 e. The number of pyridine rings is 1. The van der Waals surface area contributed by atoms with Crippen molar-refractivity contribution < 1.29 is 9.90 Å². The van der Waals surface area contributed by atoms with Crippen LogP contribution in [-0.4, -0.2) is 11.0 Å². The van der Waals surface area contributed by atoms with Crippen LogP contribution in [0.2, 0.25) is 0 Å². The molecule has 0 bridgehead atoms. The van der Waals surface area contributed by atoms with Gasteiger partial charge in [0.15, 0.2) is 0 Å². The molecule has 5 heteroatoms. The number of benzene rings is 2. The summed E-state index contributed by atoms with van der Waals surface area (Å²) in [5.41, 5.74) is 0.819. The first kappa shape index (κ1) is 14.1. The van der Waals surface area contributed by atoms with Gasteiger partial charge in [0.2, 0.25) is 0 Å². The van der Waals surface area contributed by atoms with Gasteiger partial charge in [-0.2, -0.15) is 0 Å². The fourth-order valence-electron chi connectivity index (χ4n) is 2.00. The van der Waals surface area contributed by atoms with E-state index in [1.807, 2.05) is 30.3 Å². The fraction of sp³-hybridized carbons (Fsp3) is 0. The number of carboxylic acids is 1. The molecule has 3 rings (SSSR count). The van der Waals surface area contributed by atoms with Crippen LogP contribution >= 0.6 is 27.7 Å². The van der Waals surface area contributed by atoms with E-state index in [0.717, 1.165) is 9.37 Å². The maximum absolute atomic E-state index is 11.3. The van der Waals surface area contributed by atoms with Gasteiger partial charge in [-0.1, -0.05) is 45.9 Å². The highest BCUT2D eigenvalue weighted by Gasteiger charge is 2.07. The first-order chi connectivity index (χ1) is 10.1. The summed E-state index contributed by atoms with van der Waals surface area (Å²) in [6.45, 7) is 0. The molecule has 104 valence electrons. The minimum Gasteiger partial charge on any atom is -0.545 e. The Morgan fingerprint density at radius 1 is 1.10 bits per heavy atom. The number of para-hydroxylation sites is 1. The lowest BCUT2D eigenvalue weighted by molar-refractivity contribution is -0.254. The standard InChI is InChI=1S/C16H10BrNO2S/c17-10-5-7-11(8-6-10)21-15-9-13(16(19)20)12-3-1-2-4-14(12)18-15/h1-9H,(H,19,20)/p-1. The molecule has 2 aromatic carbocycles. The molecule has 21 heavy (non-hydrogen) atoms. The number of nitrogens with zero attached hydrogens (tertiary/aromatic N) is 1. The fourth-order valence-corrected chi connectivity index (χ4v) is 3.09. The predicted molar refractivity (Wildman–Crippen MR) is 84.3 cm³/mol. The summed E-state index contributed by atoms with van der Waals surface area (Å²) in [6.07, 6.45) is 0. The number of hydrogen-bond donors (Lipinski definition) is 0. The SMILES string of the molecule is O=C([O-])c1cc(Sc2ccc(Br)cc2)nc2ccccc12. The number of hydrogen-bond acceptors (Lipinski definition) is 4. The van der Waals surface area contributed by atoms with E-state index in [9.17, 15) is 9.90 Å². The van der Waals surface area contributed by atoms with Crippen molar-refractivity contribution in [3.8, 4) is 0 Å². The number of fused-ring (bicyclic) bond motifs is 1. The van der Waals surface area contributed by atoms with E-state index in [4.69, 9.17) is 0 Å². The van der Waals surface area contributed by atoms with Gasteiger partial charge in [-0.05, 0) is 36.4 Å². The average Bonchev–Trinajstić information content (AvgIpc) is 2.48. The van der Waals surface area contributed by atoms with Crippen molar-refractivity contribution in [2.45, 2.75) is 9.92 Å². The quantitative estimate of drug-likeness (QED) is 0.718. The maximum atomic E-state index is 11.3. The molecule has 0 amide bonds. The second kappa shape index (κ2) is 5.87. The number of rotatable bonds is 3. The molecule has 1 aromatic heterocycles. The van der Waals surface area contributed by atoms with Gasteiger partial charge < -0.3 is 9.90 Å². The summed E-state index contributed by atoms with van der Waals surface area (Å²) in [6, 6.07) is 16.5. The molecule has 1 heterocycles. The first-order valence-electron chi connectivity index (χ1n) is 6.18. The average molecular weight is 359 g/mol. The third-order valence-corrected chi connectivity index (χ3v) is 4.40. The number of carbonyl (C=O) groups excluding carboxylic acids is 1. The van der Waals surface area contributed by atoms with Gasteiger partial charge >= 0.3 is 0 Å². The van der Waals surface area contributed by atoms with E-state index in [0.29, 0.717) is 15.9 Å². The highest BCUT2D eigenvalue weighted by atomic mass is 79.9. The van der Waals surface area contributed by atoms with Gasteiger partial charge in [-0.3, -0.25) is 0 Å². The van der Waals surface area contributed by atoms with Crippen LogP contribution in [0.15, 0.2) is 69.0 Å². The largest absolute Gasteiger partial charge is 0.545 e. The molecule has 3 aromatic rings. The van der Waals surface area contributed by atoms with E-state index in [-0.39, 0.29) is 5.56 Å². The van der Waals surface area contributed by atoms with Crippen molar-refractivity contribution in [3.63, 3.8) is 0 Å². The molecule has 0 spiro atoms. The summed E-state index contributed by atoms with van der Waals surface area (Å²) in [5, 5.41) is 12.5. The number of halogens is 1. The number of aromatic nitrogens is 1.